The summed E-state index contributed by atoms with van der Waals surface area (Å²) in [6.07, 6.45) is 2.52. The van der Waals surface area contributed by atoms with Crippen LogP contribution in [0.15, 0.2) is 89.7 Å². The van der Waals surface area contributed by atoms with Gasteiger partial charge in [-0.3, -0.25) is 4.79 Å². The fraction of sp³-hybridized carbons (Fsp3) is 0.300. The number of H-pyrrole nitrogens is 1. The first-order valence-electron chi connectivity index (χ1n) is 12.6. The molecule has 1 aliphatic rings. The molecular formula is C30H32N2O4. The highest BCUT2D eigenvalue weighted by Crippen LogP contribution is 2.31. The number of pyridine rings is 1. The van der Waals surface area contributed by atoms with Gasteiger partial charge in [-0.15, -0.1) is 0 Å². The Bertz CT molecular complexity index is 1320. The summed E-state index contributed by atoms with van der Waals surface area (Å²) in [6, 6.07) is 27.2. The molecule has 4 aromatic rings. The summed E-state index contributed by atoms with van der Waals surface area (Å²) in [5.41, 5.74) is 3.35. The SMILES string of the molecule is O=c1ccc2c([C@@H](O)CNC3CCCC3OCc3ccccc3)ccc(OCc3ccccc3)c2[nH]1. The molecule has 1 saturated carbocycles. The Morgan fingerprint density at radius 1 is 0.889 bits per heavy atom. The van der Waals surface area contributed by atoms with Crippen LogP contribution in [0.4, 0.5) is 0 Å². The Hall–Kier alpha value is -3.45. The standard InChI is InChI=1S/C30H32N2O4/c33-26(18-31-25-12-7-13-27(25)35-19-21-8-3-1-4-9-21)23-14-16-28(30-24(23)15-17-29(34)32-30)36-20-22-10-5-2-6-11-22/h1-6,8-11,14-17,25-27,31,33H,7,12-13,18-20H2,(H,32,34)/t25?,26-,27?/m0/s1. The normalized spacial score (nSPS) is 18.4. The zero-order valence-electron chi connectivity index (χ0n) is 20.2. The van der Waals surface area contributed by atoms with Crippen LogP contribution < -0.4 is 15.6 Å². The van der Waals surface area contributed by atoms with Crippen molar-refractivity contribution >= 4 is 10.9 Å². The molecule has 0 saturated heterocycles. The minimum atomic E-state index is -0.739. The Balaban J connectivity index is 1.26. The third kappa shape index (κ3) is 5.85. The summed E-state index contributed by atoms with van der Waals surface area (Å²) < 4.78 is 12.2. The number of hydrogen-bond acceptors (Lipinski definition) is 5. The molecule has 3 N–H and O–H groups in total. The zero-order valence-corrected chi connectivity index (χ0v) is 20.2. The number of benzene rings is 3. The third-order valence-corrected chi connectivity index (χ3v) is 6.82. The van der Waals surface area contributed by atoms with E-state index in [1.165, 1.54) is 11.6 Å². The lowest BCUT2D eigenvalue weighted by Gasteiger charge is -2.24. The van der Waals surface area contributed by atoms with Crippen molar-refractivity contribution in [1.29, 1.82) is 0 Å². The number of hydrogen-bond donors (Lipinski definition) is 3. The maximum atomic E-state index is 12.1. The molecule has 1 heterocycles. The van der Waals surface area contributed by atoms with Gasteiger partial charge in [-0.1, -0.05) is 66.7 Å². The molecule has 0 radical (unpaired) electrons. The molecule has 6 heteroatoms. The van der Waals surface area contributed by atoms with Gasteiger partial charge in [0.25, 0.3) is 0 Å². The highest BCUT2D eigenvalue weighted by Gasteiger charge is 2.28. The molecule has 0 amide bonds. The smallest absolute Gasteiger partial charge is 0.248 e. The summed E-state index contributed by atoms with van der Waals surface area (Å²) in [5, 5.41) is 15.4. The monoisotopic (exact) mass is 484 g/mol. The second-order valence-corrected chi connectivity index (χ2v) is 9.33. The summed E-state index contributed by atoms with van der Waals surface area (Å²) in [4.78, 5) is 15.0. The highest BCUT2D eigenvalue weighted by atomic mass is 16.5. The van der Waals surface area contributed by atoms with Crippen molar-refractivity contribution in [3.8, 4) is 5.75 Å². The predicted molar refractivity (Wildman–Crippen MR) is 141 cm³/mol. The van der Waals surface area contributed by atoms with Gasteiger partial charge < -0.3 is 24.9 Å². The molecule has 0 aliphatic heterocycles. The highest BCUT2D eigenvalue weighted by molar-refractivity contribution is 5.87. The molecule has 1 fully saturated rings. The van der Waals surface area contributed by atoms with Gasteiger partial charge in [0, 0.05) is 24.0 Å². The average Bonchev–Trinajstić information content (AvgIpc) is 3.37. The second kappa shape index (κ2) is 11.5. The number of aromatic amines is 1. The molecule has 5 rings (SSSR count). The van der Waals surface area contributed by atoms with Gasteiger partial charge in [-0.25, -0.2) is 0 Å². The van der Waals surface area contributed by atoms with Crippen LogP contribution in [0.5, 0.6) is 5.75 Å². The molecule has 1 aliphatic carbocycles. The van der Waals surface area contributed by atoms with Crippen LogP contribution in [0.25, 0.3) is 10.9 Å². The Kier molecular flexibility index (Phi) is 7.76. The molecule has 36 heavy (non-hydrogen) atoms. The summed E-state index contributed by atoms with van der Waals surface area (Å²) in [5.74, 6) is 0.584. The van der Waals surface area contributed by atoms with Crippen molar-refractivity contribution in [2.45, 2.75) is 50.7 Å². The van der Waals surface area contributed by atoms with Gasteiger partial charge in [-0.2, -0.15) is 0 Å². The maximum absolute atomic E-state index is 12.1. The summed E-state index contributed by atoms with van der Waals surface area (Å²) in [6.45, 7) is 1.38. The molecule has 1 aromatic heterocycles. The van der Waals surface area contributed by atoms with Crippen LogP contribution in [0.3, 0.4) is 0 Å². The van der Waals surface area contributed by atoms with Crippen LogP contribution in [0, 0.1) is 0 Å². The molecule has 3 atom stereocenters. The van der Waals surface area contributed by atoms with E-state index in [2.05, 4.69) is 22.4 Å². The second-order valence-electron chi connectivity index (χ2n) is 9.33. The largest absolute Gasteiger partial charge is 0.487 e. The Morgan fingerprint density at radius 2 is 1.61 bits per heavy atom. The van der Waals surface area contributed by atoms with Crippen LogP contribution in [-0.2, 0) is 18.0 Å². The minimum Gasteiger partial charge on any atom is -0.487 e. The molecule has 186 valence electrons. The average molecular weight is 485 g/mol. The van der Waals surface area contributed by atoms with Gasteiger partial charge in [0.15, 0.2) is 0 Å². The first-order chi connectivity index (χ1) is 17.7. The Morgan fingerprint density at radius 3 is 2.36 bits per heavy atom. The molecular weight excluding hydrogens is 452 g/mol. The van der Waals surface area contributed by atoms with Gasteiger partial charge >= 0.3 is 0 Å². The maximum Gasteiger partial charge on any atom is 0.248 e. The predicted octanol–water partition coefficient (Wildman–Crippen LogP) is 4.87. The van der Waals surface area contributed by atoms with Crippen molar-refractivity contribution in [1.82, 2.24) is 10.3 Å². The molecule has 0 bridgehead atoms. The summed E-state index contributed by atoms with van der Waals surface area (Å²) in [7, 11) is 0. The van der Waals surface area contributed by atoms with Crippen LogP contribution >= 0.6 is 0 Å². The van der Waals surface area contributed by atoms with E-state index in [4.69, 9.17) is 9.47 Å². The lowest BCUT2D eigenvalue weighted by molar-refractivity contribution is 0.0249. The quantitative estimate of drug-likeness (QED) is 0.299. The van der Waals surface area contributed by atoms with E-state index in [0.717, 1.165) is 35.8 Å². The van der Waals surface area contributed by atoms with Gasteiger partial charge in [0.05, 0.1) is 24.3 Å². The van der Waals surface area contributed by atoms with E-state index in [9.17, 15) is 9.90 Å². The van der Waals surface area contributed by atoms with E-state index in [0.29, 0.717) is 31.0 Å². The lowest BCUT2D eigenvalue weighted by Crippen LogP contribution is -2.39. The van der Waals surface area contributed by atoms with Gasteiger partial charge in [-0.05, 0) is 48.1 Å². The van der Waals surface area contributed by atoms with Gasteiger partial charge in [0.2, 0.25) is 5.56 Å². The van der Waals surface area contributed by atoms with E-state index in [1.807, 2.05) is 60.7 Å². The van der Waals surface area contributed by atoms with E-state index < -0.39 is 6.10 Å². The number of ether oxygens (including phenoxy) is 2. The minimum absolute atomic E-state index is 0.124. The molecule has 2 unspecified atom stereocenters. The first-order valence-corrected chi connectivity index (χ1v) is 12.6. The topological polar surface area (TPSA) is 83.6 Å². The first kappa shape index (κ1) is 24.3. The van der Waals surface area contributed by atoms with Crippen molar-refractivity contribution in [2.75, 3.05) is 6.54 Å². The van der Waals surface area contributed by atoms with E-state index in [1.54, 1.807) is 6.07 Å². The summed E-state index contributed by atoms with van der Waals surface area (Å²) >= 11 is 0. The van der Waals surface area contributed by atoms with E-state index >= 15 is 0 Å². The van der Waals surface area contributed by atoms with Crippen LogP contribution in [-0.4, -0.2) is 28.8 Å². The third-order valence-electron chi connectivity index (χ3n) is 6.82. The molecule has 0 spiro atoms. The fourth-order valence-electron chi connectivity index (χ4n) is 4.90. The van der Waals surface area contributed by atoms with Crippen LogP contribution in [0.2, 0.25) is 0 Å². The van der Waals surface area contributed by atoms with Crippen molar-refractivity contribution in [3.63, 3.8) is 0 Å². The van der Waals surface area contributed by atoms with E-state index in [-0.39, 0.29) is 17.7 Å². The fourth-order valence-corrected chi connectivity index (χ4v) is 4.90. The van der Waals surface area contributed by atoms with Gasteiger partial charge in [0.1, 0.15) is 12.4 Å². The number of nitrogens with one attached hydrogen (secondary N) is 2. The number of aliphatic hydroxyl groups excluding tert-OH is 1. The molecule has 3 aromatic carbocycles. The van der Waals surface area contributed by atoms with Crippen molar-refractivity contribution in [3.05, 3.63) is 112 Å². The lowest BCUT2D eigenvalue weighted by atomic mass is 10.0. The van der Waals surface area contributed by atoms with Crippen molar-refractivity contribution < 1.29 is 14.6 Å². The molecule has 6 nitrogen and oxygen atoms in total. The number of aliphatic hydroxyl groups is 1. The van der Waals surface area contributed by atoms with Crippen molar-refractivity contribution in [2.24, 2.45) is 0 Å². The number of rotatable bonds is 10. The number of fused-ring (bicyclic) bond motifs is 1. The van der Waals surface area contributed by atoms with Crippen LogP contribution in [0.1, 0.15) is 42.1 Å². The zero-order chi connectivity index (χ0) is 24.7. The Labute approximate surface area is 210 Å². The number of aromatic nitrogens is 1.